The fourth-order valence-corrected chi connectivity index (χ4v) is 4.42. The summed E-state index contributed by atoms with van der Waals surface area (Å²) < 4.78 is 6.27. The van der Waals surface area contributed by atoms with Gasteiger partial charge in [-0.25, -0.2) is 0 Å². The van der Waals surface area contributed by atoms with Gasteiger partial charge >= 0.3 is 126 Å². The van der Waals surface area contributed by atoms with Gasteiger partial charge in [0.25, 0.3) is 0 Å². The van der Waals surface area contributed by atoms with Crippen molar-refractivity contribution in [1.82, 2.24) is 3.98 Å². The van der Waals surface area contributed by atoms with Gasteiger partial charge in [0.05, 0.1) is 0 Å². The van der Waals surface area contributed by atoms with Crippen molar-refractivity contribution in [3.05, 3.63) is 66.4 Å². The summed E-state index contributed by atoms with van der Waals surface area (Å²) in [6, 6.07) is 21.4. The van der Waals surface area contributed by atoms with Crippen molar-refractivity contribution in [1.29, 1.82) is 0 Å². The zero-order valence-corrected chi connectivity index (χ0v) is 13.3. The Hall–Kier alpha value is -1.63. The Morgan fingerprint density at radius 1 is 0.850 bits per heavy atom. The molecule has 0 bridgehead atoms. The number of aryl methyl sites for hydroxylation is 1. The second-order valence-electron chi connectivity index (χ2n) is 4.82. The van der Waals surface area contributed by atoms with E-state index in [1.165, 1.54) is 26.8 Å². The Kier molecular flexibility index (Phi) is 4.15. The van der Waals surface area contributed by atoms with Crippen LogP contribution in [-0.2, 0) is 6.42 Å². The van der Waals surface area contributed by atoms with Crippen molar-refractivity contribution >= 4 is 14.7 Å². The first-order valence-corrected chi connectivity index (χ1v) is 8.61. The topological polar surface area (TPSA) is 12.9 Å². The summed E-state index contributed by atoms with van der Waals surface area (Å²) in [6.07, 6.45) is 2.22. The SMILES string of the molecule is CCCc1n[se]c(-c2ccccc2)c1-c1ccccc1. The molecule has 0 aliphatic carbocycles. The molecule has 2 aromatic carbocycles. The third-order valence-electron chi connectivity index (χ3n) is 3.35. The molecule has 2 heteroatoms. The standard InChI is InChI=1S/C18H17NSe/c1-2-9-16-17(14-10-5-3-6-11-14)18(20-19-16)15-12-7-4-8-13-15/h3-8,10-13H,2,9H2,1H3. The molecule has 1 aromatic heterocycles. The summed E-state index contributed by atoms with van der Waals surface area (Å²) in [5.41, 5.74) is 5.29. The van der Waals surface area contributed by atoms with E-state index in [1.54, 1.807) is 0 Å². The zero-order valence-electron chi connectivity index (χ0n) is 11.5. The van der Waals surface area contributed by atoms with Crippen LogP contribution in [0.1, 0.15) is 19.0 Å². The van der Waals surface area contributed by atoms with Crippen LogP contribution in [0.2, 0.25) is 0 Å². The summed E-state index contributed by atoms with van der Waals surface area (Å²) in [5, 5.41) is 0. The van der Waals surface area contributed by atoms with Crippen LogP contribution in [-0.4, -0.2) is 18.7 Å². The van der Waals surface area contributed by atoms with Crippen molar-refractivity contribution in [2.24, 2.45) is 0 Å². The molecule has 3 aromatic rings. The molecule has 0 N–H and O–H groups in total. The Labute approximate surface area is 126 Å². The molecule has 100 valence electrons. The second kappa shape index (κ2) is 6.21. The van der Waals surface area contributed by atoms with E-state index in [2.05, 4.69) is 67.6 Å². The van der Waals surface area contributed by atoms with E-state index in [0.29, 0.717) is 0 Å². The number of hydrogen-bond acceptors (Lipinski definition) is 1. The summed E-state index contributed by atoms with van der Waals surface area (Å²) in [6.45, 7) is 2.22. The van der Waals surface area contributed by atoms with Gasteiger partial charge < -0.3 is 0 Å². The van der Waals surface area contributed by atoms with Crippen molar-refractivity contribution in [3.8, 4) is 21.1 Å². The molecular formula is C18H17NSe. The van der Waals surface area contributed by atoms with Gasteiger partial charge in [0.1, 0.15) is 0 Å². The van der Waals surface area contributed by atoms with Crippen LogP contribution in [0.5, 0.6) is 0 Å². The van der Waals surface area contributed by atoms with E-state index in [0.717, 1.165) is 12.8 Å². The van der Waals surface area contributed by atoms with E-state index in [-0.39, 0.29) is 14.7 Å². The molecule has 0 atom stereocenters. The zero-order chi connectivity index (χ0) is 13.8. The van der Waals surface area contributed by atoms with Crippen LogP contribution < -0.4 is 0 Å². The van der Waals surface area contributed by atoms with Gasteiger partial charge in [0, 0.05) is 0 Å². The molecule has 1 nitrogen and oxygen atoms in total. The maximum absolute atomic E-state index is 4.85. The first-order chi connectivity index (χ1) is 9.90. The molecule has 3 rings (SSSR count). The number of hydrogen-bond donors (Lipinski definition) is 0. The van der Waals surface area contributed by atoms with E-state index in [4.69, 9.17) is 3.98 Å². The van der Waals surface area contributed by atoms with Gasteiger partial charge in [-0.3, -0.25) is 0 Å². The Morgan fingerprint density at radius 2 is 1.45 bits per heavy atom. The Bertz CT molecular complexity index is 671. The summed E-state index contributed by atoms with van der Waals surface area (Å²) in [4.78, 5) is 0. The van der Waals surface area contributed by atoms with Crippen molar-refractivity contribution in [2.45, 2.75) is 19.8 Å². The molecule has 0 saturated carbocycles. The first-order valence-electron chi connectivity index (χ1n) is 6.99. The van der Waals surface area contributed by atoms with E-state index >= 15 is 0 Å². The maximum atomic E-state index is 4.85. The van der Waals surface area contributed by atoms with Crippen molar-refractivity contribution < 1.29 is 0 Å². The minimum absolute atomic E-state index is 0.205. The van der Waals surface area contributed by atoms with Crippen molar-refractivity contribution in [2.75, 3.05) is 0 Å². The van der Waals surface area contributed by atoms with E-state index < -0.39 is 0 Å². The predicted octanol–water partition coefficient (Wildman–Crippen LogP) is 4.43. The number of rotatable bonds is 4. The fourth-order valence-electron chi connectivity index (χ4n) is 2.42. The molecule has 0 fully saturated rings. The van der Waals surface area contributed by atoms with Gasteiger partial charge in [-0.1, -0.05) is 0 Å². The van der Waals surface area contributed by atoms with Crippen LogP contribution in [0.4, 0.5) is 0 Å². The molecule has 20 heavy (non-hydrogen) atoms. The molecule has 0 unspecified atom stereocenters. The molecule has 0 saturated heterocycles. The molecule has 0 amide bonds. The predicted molar refractivity (Wildman–Crippen MR) is 86.0 cm³/mol. The number of benzene rings is 2. The Balaban J connectivity index is 2.17. The third kappa shape index (κ3) is 2.63. The van der Waals surface area contributed by atoms with E-state index in [1.807, 2.05) is 0 Å². The number of aromatic nitrogens is 1. The van der Waals surface area contributed by atoms with Gasteiger partial charge in [0.15, 0.2) is 0 Å². The average molecular weight is 326 g/mol. The van der Waals surface area contributed by atoms with E-state index in [9.17, 15) is 0 Å². The molecule has 1 heterocycles. The molecule has 0 spiro atoms. The van der Waals surface area contributed by atoms with Gasteiger partial charge in [-0.15, -0.1) is 0 Å². The quantitative estimate of drug-likeness (QED) is 0.647. The summed E-state index contributed by atoms with van der Waals surface area (Å²) >= 11 is 0.205. The molecule has 0 radical (unpaired) electrons. The van der Waals surface area contributed by atoms with Gasteiger partial charge in [-0.05, 0) is 0 Å². The minimum atomic E-state index is 0.205. The first kappa shape index (κ1) is 13.4. The average Bonchev–Trinajstić information content (AvgIpc) is 2.93. The van der Waals surface area contributed by atoms with Crippen LogP contribution in [0.3, 0.4) is 0 Å². The molecular weight excluding hydrogens is 309 g/mol. The normalized spacial score (nSPS) is 10.7. The summed E-state index contributed by atoms with van der Waals surface area (Å²) in [7, 11) is 0. The van der Waals surface area contributed by atoms with Gasteiger partial charge in [0.2, 0.25) is 0 Å². The second-order valence-corrected chi connectivity index (χ2v) is 6.44. The number of nitrogens with zero attached hydrogens (tertiary/aromatic N) is 1. The van der Waals surface area contributed by atoms with Crippen LogP contribution in [0.15, 0.2) is 60.7 Å². The fraction of sp³-hybridized carbons (Fsp3) is 0.167. The van der Waals surface area contributed by atoms with Crippen LogP contribution in [0, 0.1) is 0 Å². The van der Waals surface area contributed by atoms with Gasteiger partial charge in [-0.2, -0.15) is 0 Å². The third-order valence-corrected chi connectivity index (χ3v) is 5.31. The monoisotopic (exact) mass is 327 g/mol. The van der Waals surface area contributed by atoms with Crippen LogP contribution in [0.25, 0.3) is 21.1 Å². The van der Waals surface area contributed by atoms with Crippen LogP contribution >= 0.6 is 0 Å². The molecule has 0 aliphatic heterocycles. The van der Waals surface area contributed by atoms with Crippen molar-refractivity contribution in [3.63, 3.8) is 0 Å². The Morgan fingerprint density at radius 3 is 2.05 bits per heavy atom. The molecule has 0 aliphatic rings. The summed E-state index contributed by atoms with van der Waals surface area (Å²) in [5.74, 6) is 0.